The van der Waals surface area contributed by atoms with E-state index < -0.39 is 0 Å². The van der Waals surface area contributed by atoms with Crippen molar-refractivity contribution in [3.8, 4) is 16.5 Å². The molecule has 0 radical (unpaired) electrons. The second kappa shape index (κ2) is 7.72. The third kappa shape index (κ3) is 3.02. The Morgan fingerprint density at radius 2 is 1.69 bits per heavy atom. The van der Waals surface area contributed by atoms with Gasteiger partial charge in [-0.1, -0.05) is 42.5 Å². The van der Waals surface area contributed by atoms with Gasteiger partial charge < -0.3 is 10.1 Å². The van der Waals surface area contributed by atoms with Crippen molar-refractivity contribution >= 4 is 44.6 Å². The molecule has 154 valence electrons. The number of pyridine rings is 2. The number of fused-ring (bicyclic) bond motifs is 3. The van der Waals surface area contributed by atoms with E-state index in [2.05, 4.69) is 29.6 Å². The van der Waals surface area contributed by atoms with Crippen LogP contribution in [0.25, 0.3) is 32.2 Å². The maximum absolute atomic E-state index is 10.2. The molecular weight excluding hydrogens is 416 g/mol. The normalized spacial score (nSPS) is 13.1. The molecule has 5 aromatic rings. The molecule has 0 saturated heterocycles. The first-order valence-electron chi connectivity index (χ1n) is 10.5. The van der Waals surface area contributed by atoms with Gasteiger partial charge in [-0.05, 0) is 23.6 Å². The van der Waals surface area contributed by atoms with Crippen LogP contribution in [0.15, 0.2) is 66.0 Å². The summed E-state index contributed by atoms with van der Waals surface area (Å²) >= 11 is 1.63. The van der Waals surface area contributed by atoms with Crippen LogP contribution in [0.3, 0.4) is 0 Å². The highest BCUT2D eigenvalue weighted by molar-refractivity contribution is 7.13. The van der Waals surface area contributed by atoms with Crippen LogP contribution in [0.4, 0.5) is 11.5 Å². The van der Waals surface area contributed by atoms with Gasteiger partial charge in [0.2, 0.25) is 0 Å². The zero-order chi connectivity index (χ0) is 21.5. The Morgan fingerprint density at radius 1 is 0.938 bits per heavy atom. The summed E-state index contributed by atoms with van der Waals surface area (Å²) in [5, 5.41) is 17.8. The molecule has 1 aliphatic heterocycles. The standard InChI is InChI=1S/C26H18N4OS/c27-14-18-24(23-10-5-13-32-23)19-15-31-12-11-22(19)29-26(18)30-25-16-6-1-3-8-20(16)28-21-9-4-2-7-17(21)25/h1-10,13H,11-12,15H2,(H,28,29,30). The van der Waals surface area contributed by atoms with Gasteiger partial charge in [-0.2, -0.15) is 5.26 Å². The molecular formula is C26H18N4OS. The first-order chi connectivity index (χ1) is 15.8. The Balaban J connectivity index is 1.63. The Bertz CT molecular complexity index is 1470. The second-order valence-electron chi connectivity index (χ2n) is 7.67. The van der Waals surface area contributed by atoms with Gasteiger partial charge >= 0.3 is 0 Å². The lowest BCUT2D eigenvalue weighted by molar-refractivity contribution is 0.109. The number of hydrogen-bond acceptors (Lipinski definition) is 6. The highest BCUT2D eigenvalue weighted by atomic mass is 32.1. The molecule has 4 heterocycles. The minimum absolute atomic E-state index is 0.478. The number of anilines is 2. The number of thiophene rings is 1. The number of para-hydroxylation sites is 2. The van der Waals surface area contributed by atoms with Crippen LogP contribution in [-0.2, 0) is 17.8 Å². The monoisotopic (exact) mass is 434 g/mol. The zero-order valence-corrected chi connectivity index (χ0v) is 17.9. The molecule has 2 aromatic carbocycles. The van der Waals surface area contributed by atoms with E-state index >= 15 is 0 Å². The highest BCUT2D eigenvalue weighted by Crippen LogP contribution is 2.40. The molecule has 6 heteroatoms. The van der Waals surface area contributed by atoms with E-state index in [0.717, 1.165) is 55.6 Å². The van der Waals surface area contributed by atoms with Crippen LogP contribution < -0.4 is 5.32 Å². The first kappa shape index (κ1) is 18.9. The molecule has 1 N–H and O–H groups in total. The van der Waals surface area contributed by atoms with Crippen LogP contribution in [0, 0.1) is 11.3 Å². The van der Waals surface area contributed by atoms with Gasteiger partial charge in [-0.15, -0.1) is 11.3 Å². The predicted molar refractivity (Wildman–Crippen MR) is 128 cm³/mol. The number of nitriles is 1. The Labute approximate surface area is 188 Å². The molecule has 0 saturated carbocycles. The molecule has 0 amide bonds. The van der Waals surface area contributed by atoms with Crippen molar-refractivity contribution in [2.24, 2.45) is 0 Å². The number of ether oxygens (including phenoxy) is 1. The Kier molecular flexibility index (Phi) is 4.57. The van der Waals surface area contributed by atoms with Crippen LogP contribution >= 0.6 is 11.3 Å². The lowest BCUT2D eigenvalue weighted by Crippen LogP contribution is -2.16. The topological polar surface area (TPSA) is 70.8 Å². The van der Waals surface area contributed by atoms with E-state index in [0.29, 0.717) is 24.6 Å². The molecule has 0 aliphatic carbocycles. The molecule has 3 aromatic heterocycles. The van der Waals surface area contributed by atoms with Crippen molar-refractivity contribution < 1.29 is 4.74 Å². The third-order valence-corrected chi connectivity index (χ3v) is 6.71. The Hall–Kier alpha value is -3.79. The average molecular weight is 435 g/mol. The molecule has 0 unspecified atom stereocenters. The fourth-order valence-electron chi connectivity index (χ4n) is 4.36. The second-order valence-corrected chi connectivity index (χ2v) is 8.62. The number of benzene rings is 2. The number of aromatic nitrogens is 2. The van der Waals surface area contributed by atoms with Crippen molar-refractivity contribution in [1.82, 2.24) is 9.97 Å². The van der Waals surface area contributed by atoms with Gasteiger partial charge in [-0.3, -0.25) is 0 Å². The van der Waals surface area contributed by atoms with Gasteiger partial charge in [0.25, 0.3) is 0 Å². The fraction of sp³-hybridized carbons (Fsp3) is 0.115. The quantitative estimate of drug-likeness (QED) is 0.342. The van der Waals surface area contributed by atoms with E-state index in [4.69, 9.17) is 14.7 Å². The molecule has 1 aliphatic rings. The number of hydrogen-bond donors (Lipinski definition) is 1. The first-order valence-corrected chi connectivity index (χ1v) is 11.3. The maximum Gasteiger partial charge on any atom is 0.149 e. The van der Waals surface area contributed by atoms with Crippen molar-refractivity contribution in [3.63, 3.8) is 0 Å². The van der Waals surface area contributed by atoms with Crippen molar-refractivity contribution in [3.05, 3.63) is 82.9 Å². The molecule has 6 rings (SSSR count). The molecule has 32 heavy (non-hydrogen) atoms. The summed E-state index contributed by atoms with van der Waals surface area (Å²) in [6, 6.07) is 22.6. The SMILES string of the molecule is N#Cc1c(Nc2c3ccccc3nc3ccccc23)nc2c(c1-c1cccs1)COCC2. The summed E-state index contributed by atoms with van der Waals surface area (Å²) in [5.41, 5.74) is 6.20. The van der Waals surface area contributed by atoms with Crippen molar-refractivity contribution in [2.75, 3.05) is 11.9 Å². The molecule has 5 nitrogen and oxygen atoms in total. The van der Waals surface area contributed by atoms with Crippen molar-refractivity contribution in [2.45, 2.75) is 13.0 Å². The highest BCUT2D eigenvalue weighted by Gasteiger charge is 2.24. The van der Waals surface area contributed by atoms with Crippen LogP contribution in [-0.4, -0.2) is 16.6 Å². The van der Waals surface area contributed by atoms with E-state index in [1.54, 1.807) is 11.3 Å². The lowest BCUT2D eigenvalue weighted by atomic mass is 9.97. The van der Waals surface area contributed by atoms with E-state index in [9.17, 15) is 5.26 Å². The summed E-state index contributed by atoms with van der Waals surface area (Å²) in [6.07, 6.45) is 0.728. The fourth-order valence-corrected chi connectivity index (χ4v) is 5.17. The molecule has 0 bridgehead atoms. The largest absolute Gasteiger partial charge is 0.376 e. The molecule has 0 fully saturated rings. The predicted octanol–water partition coefficient (Wildman–Crippen LogP) is 6.20. The van der Waals surface area contributed by atoms with Gasteiger partial charge in [0.1, 0.15) is 17.5 Å². The van der Waals surface area contributed by atoms with E-state index in [1.165, 1.54) is 0 Å². The van der Waals surface area contributed by atoms with Crippen LogP contribution in [0.5, 0.6) is 0 Å². The Morgan fingerprint density at radius 3 is 2.38 bits per heavy atom. The summed E-state index contributed by atoms with van der Waals surface area (Å²) in [4.78, 5) is 10.8. The minimum Gasteiger partial charge on any atom is -0.376 e. The van der Waals surface area contributed by atoms with Crippen LogP contribution in [0.2, 0.25) is 0 Å². The lowest BCUT2D eigenvalue weighted by Gasteiger charge is -2.22. The number of nitrogens with zero attached hydrogens (tertiary/aromatic N) is 3. The smallest absolute Gasteiger partial charge is 0.149 e. The van der Waals surface area contributed by atoms with Crippen molar-refractivity contribution in [1.29, 1.82) is 5.26 Å². The summed E-state index contributed by atoms with van der Waals surface area (Å²) < 4.78 is 5.73. The van der Waals surface area contributed by atoms with Gasteiger partial charge in [-0.25, -0.2) is 9.97 Å². The number of nitrogens with one attached hydrogen (secondary N) is 1. The van der Waals surface area contributed by atoms with E-state index in [1.807, 2.05) is 47.8 Å². The molecule has 0 spiro atoms. The summed E-state index contributed by atoms with van der Waals surface area (Å²) in [6.45, 7) is 1.11. The van der Waals surface area contributed by atoms with Gasteiger partial charge in [0.15, 0.2) is 0 Å². The minimum atomic E-state index is 0.478. The van der Waals surface area contributed by atoms with Gasteiger partial charge in [0.05, 0.1) is 35.6 Å². The molecule has 0 atom stereocenters. The summed E-state index contributed by atoms with van der Waals surface area (Å²) in [7, 11) is 0. The number of rotatable bonds is 3. The third-order valence-electron chi connectivity index (χ3n) is 5.82. The van der Waals surface area contributed by atoms with Gasteiger partial charge in [0, 0.05) is 33.2 Å². The van der Waals surface area contributed by atoms with E-state index in [-0.39, 0.29) is 0 Å². The summed E-state index contributed by atoms with van der Waals surface area (Å²) in [5.74, 6) is 0.582. The maximum atomic E-state index is 10.2. The zero-order valence-electron chi connectivity index (χ0n) is 17.1. The van der Waals surface area contributed by atoms with Crippen LogP contribution in [0.1, 0.15) is 16.8 Å². The average Bonchev–Trinajstić information content (AvgIpc) is 3.37.